The lowest BCUT2D eigenvalue weighted by atomic mass is 9.58. The largest absolute Gasteiger partial charge is 0.497 e. The van der Waals surface area contributed by atoms with Crippen LogP contribution < -0.4 is 14.8 Å². The molecule has 1 spiro atoms. The zero-order chi connectivity index (χ0) is 14.9. The molecular formula is C18H19NO3. The van der Waals surface area contributed by atoms with Crippen LogP contribution in [-0.4, -0.2) is 32.9 Å². The topological polar surface area (TPSA) is 39.7 Å². The van der Waals surface area contributed by atoms with Gasteiger partial charge in [-0.25, -0.2) is 0 Å². The number of nitrogens with one attached hydrogen (secondary N) is 1. The molecule has 2 bridgehead atoms. The first-order valence-electron chi connectivity index (χ1n) is 7.86. The Morgan fingerprint density at radius 3 is 2.95 bits per heavy atom. The van der Waals surface area contributed by atoms with Gasteiger partial charge in [0.1, 0.15) is 5.76 Å². The molecule has 0 aromatic heterocycles. The smallest absolute Gasteiger partial charge is 0.169 e. The molecule has 1 aromatic rings. The molecule has 1 aromatic carbocycles. The van der Waals surface area contributed by atoms with Crippen molar-refractivity contribution in [1.29, 1.82) is 0 Å². The molecule has 4 heteroatoms. The molecule has 1 N–H and O–H groups in total. The predicted octanol–water partition coefficient (Wildman–Crippen LogP) is 2.08. The summed E-state index contributed by atoms with van der Waals surface area (Å²) in [6.07, 6.45) is 6.31. The van der Waals surface area contributed by atoms with Gasteiger partial charge < -0.3 is 19.5 Å². The highest BCUT2D eigenvalue weighted by atomic mass is 16.6. The van der Waals surface area contributed by atoms with E-state index in [-0.39, 0.29) is 11.5 Å². The summed E-state index contributed by atoms with van der Waals surface area (Å²) in [6.45, 7) is 1.01. The molecule has 0 radical (unpaired) electrons. The molecule has 2 aliphatic heterocycles. The third kappa shape index (κ3) is 1.24. The van der Waals surface area contributed by atoms with Crippen LogP contribution in [0, 0.1) is 0 Å². The molecule has 0 saturated carbocycles. The number of methoxy groups -OCH3 is 2. The first-order valence-corrected chi connectivity index (χ1v) is 7.86. The Morgan fingerprint density at radius 1 is 1.23 bits per heavy atom. The van der Waals surface area contributed by atoms with Crippen LogP contribution in [-0.2, 0) is 16.6 Å². The number of piperidine rings is 1. The molecule has 114 valence electrons. The van der Waals surface area contributed by atoms with Gasteiger partial charge >= 0.3 is 0 Å². The summed E-state index contributed by atoms with van der Waals surface area (Å²) in [5.74, 6) is 2.66. The summed E-state index contributed by atoms with van der Waals surface area (Å²) in [4.78, 5) is 0. The number of ether oxygens (including phenoxy) is 3. The molecular weight excluding hydrogens is 278 g/mol. The van der Waals surface area contributed by atoms with Gasteiger partial charge in [0.2, 0.25) is 0 Å². The average Bonchev–Trinajstić information content (AvgIpc) is 2.88. The molecule has 5 rings (SSSR count). The fraction of sp³-hybridized carbons (Fsp3) is 0.444. The van der Waals surface area contributed by atoms with Gasteiger partial charge in [0.05, 0.1) is 19.6 Å². The molecule has 3 atom stereocenters. The van der Waals surface area contributed by atoms with Gasteiger partial charge in [-0.1, -0.05) is 12.1 Å². The Morgan fingerprint density at radius 2 is 2.14 bits per heavy atom. The molecule has 2 aliphatic carbocycles. The molecule has 4 nitrogen and oxygen atoms in total. The molecule has 4 aliphatic rings. The third-order valence-corrected chi connectivity index (χ3v) is 5.70. The van der Waals surface area contributed by atoms with Crippen molar-refractivity contribution in [2.45, 2.75) is 30.4 Å². The van der Waals surface area contributed by atoms with Crippen molar-refractivity contribution in [2.75, 3.05) is 20.8 Å². The molecule has 1 fully saturated rings. The Balaban J connectivity index is 1.85. The second kappa shape index (κ2) is 4.07. The van der Waals surface area contributed by atoms with Gasteiger partial charge in [0.15, 0.2) is 17.6 Å². The van der Waals surface area contributed by atoms with Crippen molar-refractivity contribution >= 4 is 0 Å². The van der Waals surface area contributed by atoms with Crippen molar-refractivity contribution in [3.8, 4) is 11.5 Å². The zero-order valence-corrected chi connectivity index (χ0v) is 12.8. The Labute approximate surface area is 129 Å². The monoisotopic (exact) mass is 297 g/mol. The minimum absolute atomic E-state index is 0.0625. The van der Waals surface area contributed by atoms with E-state index in [1.165, 1.54) is 16.7 Å². The van der Waals surface area contributed by atoms with E-state index in [0.717, 1.165) is 36.6 Å². The average molecular weight is 297 g/mol. The summed E-state index contributed by atoms with van der Waals surface area (Å²) in [5, 5.41) is 3.67. The molecule has 0 amide bonds. The Bertz CT molecular complexity index is 736. The highest BCUT2D eigenvalue weighted by Crippen LogP contribution is 2.61. The van der Waals surface area contributed by atoms with E-state index < -0.39 is 0 Å². The lowest BCUT2D eigenvalue weighted by molar-refractivity contribution is 0.0998. The van der Waals surface area contributed by atoms with E-state index in [9.17, 15) is 0 Å². The standard InChI is InChI=1S/C18H19NO3/c1-20-13-5-3-10-9-12-11-4-6-14(21-2)17-18(11,7-8-19-12)15(10)16(13)22-17/h3-6,12,17,19H,7-9H2,1-2H3/t12-,17?,18+/m0/s1. The third-order valence-electron chi connectivity index (χ3n) is 5.70. The van der Waals surface area contributed by atoms with E-state index in [2.05, 4.69) is 23.5 Å². The molecule has 1 unspecified atom stereocenters. The van der Waals surface area contributed by atoms with Gasteiger partial charge in [0.25, 0.3) is 0 Å². The van der Waals surface area contributed by atoms with Crippen molar-refractivity contribution < 1.29 is 14.2 Å². The van der Waals surface area contributed by atoms with Crippen LogP contribution in [0.1, 0.15) is 17.5 Å². The summed E-state index contributed by atoms with van der Waals surface area (Å²) < 4.78 is 17.6. The summed E-state index contributed by atoms with van der Waals surface area (Å²) >= 11 is 0. The zero-order valence-electron chi connectivity index (χ0n) is 12.8. The van der Waals surface area contributed by atoms with Gasteiger partial charge in [0, 0.05) is 11.6 Å². The quantitative estimate of drug-likeness (QED) is 0.907. The highest BCUT2D eigenvalue weighted by molar-refractivity contribution is 5.67. The molecule has 1 saturated heterocycles. The van der Waals surface area contributed by atoms with Crippen molar-refractivity contribution in [1.82, 2.24) is 5.32 Å². The molecule has 2 heterocycles. The second-order valence-corrected chi connectivity index (χ2v) is 6.46. The summed E-state index contributed by atoms with van der Waals surface area (Å²) in [6, 6.07) is 4.64. The normalized spacial score (nSPS) is 33.4. The molecule has 22 heavy (non-hydrogen) atoms. The van der Waals surface area contributed by atoms with Gasteiger partial charge in [-0.05, 0) is 42.7 Å². The van der Waals surface area contributed by atoms with E-state index in [0.29, 0.717) is 6.04 Å². The maximum Gasteiger partial charge on any atom is 0.169 e. The van der Waals surface area contributed by atoms with Gasteiger partial charge in [-0.3, -0.25) is 0 Å². The number of rotatable bonds is 2. The minimum atomic E-state index is -0.0759. The van der Waals surface area contributed by atoms with Crippen molar-refractivity contribution in [2.24, 2.45) is 0 Å². The van der Waals surface area contributed by atoms with Crippen LogP contribution in [0.4, 0.5) is 0 Å². The Hall–Kier alpha value is -1.94. The van der Waals surface area contributed by atoms with E-state index >= 15 is 0 Å². The first-order chi connectivity index (χ1) is 10.8. The van der Waals surface area contributed by atoms with Crippen LogP contribution in [0.2, 0.25) is 0 Å². The number of benzene rings is 1. The van der Waals surface area contributed by atoms with Crippen LogP contribution in [0.3, 0.4) is 0 Å². The SMILES string of the molecule is COC1=CC=C2[C@@H]3Cc4ccc(OC)c5c4[C@]2(CCN3)C1O5. The van der Waals surface area contributed by atoms with Crippen molar-refractivity contribution in [3.63, 3.8) is 0 Å². The highest BCUT2D eigenvalue weighted by Gasteiger charge is 2.61. The van der Waals surface area contributed by atoms with Crippen LogP contribution >= 0.6 is 0 Å². The predicted molar refractivity (Wildman–Crippen MR) is 82.4 cm³/mol. The van der Waals surface area contributed by atoms with Crippen molar-refractivity contribution in [3.05, 3.63) is 46.7 Å². The van der Waals surface area contributed by atoms with Gasteiger partial charge in [-0.2, -0.15) is 0 Å². The minimum Gasteiger partial charge on any atom is -0.497 e. The lowest BCUT2D eigenvalue weighted by Crippen LogP contribution is -2.58. The van der Waals surface area contributed by atoms with E-state index in [4.69, 9.17) is 14.2 Å². The number of allylic oxidation sites excluding steroid dienone is 2. The fourth-order valence-corrected chi connectivity index (χ4v) is 4.85. The summed E-state index contributed by atoms with van der Waals surface area (Å²) in [7, 11) is 3.44. The van der Waals surface area contributed by atoms with E-state index in [1.807, 2.05) is 6.07 Å². The fourth-order valence-electron chi connectivity index (χ4n) is 4.85. The summed E-state index contributed by atoms with van der Waals surface area (Å²) in [5.41, 5.74) is 4.09. The second-order valence-electron chi connectivity index (χ2n) is 6.46. The lowest BCUT2D eigenvalue weighted by Gasteiger charge is -2.49. The van der Waals surface area contributed by atoms with Gasteiger partial charge in [-0.15, -0.1) is 0 Å². The maximum atomic E-state index is 6.42. The van der Waals surface area contributed by atoms with E-state index in [1.54, 1.807) is 14.2 Å². The first kappa shape index (κ1) is 12.6. The number of hydrogen-bond acceptors (Lipinski definition) is 4. The number of hydrogen-bond donors (Lipinski definition) is 1. The Kier molecular flexibility index (Phi) is 2.33. The maximum absolute atomic E-state index is 6.42. The van der Waals surface area contributed by atoms with Crippen LogP contribution in [0.25, 0.3) is 0 Å². The van der Waals surface area contributed by atoms with Crippen LogP contribution in [0.5, 0.6) is 11.5 Å². The van der Waals surface area contributed by atoms with Crippen LogP contribution in [0.15, 0.2) is 35.6 Å².